The van der Waals surface area contributed by atoms with Gasteiger partial charge in [-0.2, -0.15) is 0 Å². The number of nitrogens with one attached hydrogen (secondary N) is 1. The molecule has 78 valence electrons. The summed E-state index contributed by atoms with van der Waals surface area (Å²) in [6, 6.07) is 8.30. The largest absolute Gasteiger partial charge is 0.467 e. The van der Waals surface area contributed by atoms with Crippen LogP contribution in [0.4, 0.5) is 0 Å². The average molecular weight is 201 g/mol. The summed E-state index contributed by atoms with van der Waals surface area (Å²) in [5.41, 5.74) is 3.07. The minimum absolute atomic E-state index is 0.246. The molecule has 2 rings (SSSR count). The van der Waals surface area contributed by atoms with Crippen molar-refractivity contribution in [2.24, 2.45) is 0 Å². The summed E-state index contributed by atoms with van der Waals surface area (Å²) in [4.78, 5) is 0. The molecule has 0 aliphatic carbocycles. The summed E-state index contributed by atoms with van der Waals surface area (Å²) in [6.07, 6.45) is 1.80. The Morgan fingerprint density at radius 1 is 1.13 bits per heavy atom. The number of ether oxygens (including phenoxy) is 1. The molecule has 0 saturated carbocycles. The second-order valence-electron chi connectivity index (χ2n) is 4.40. The van der Waals surface area contributed by atoms with Gasteiger partial charge in [0.15, 0.2) is 0 Å². The average Bonchev–Trinajstić information content (AvgIpc) is 2.41. The molecule has 0 saturated heterocycles. The molecule has 1 aromatic carbocycles. The quantitative estimate of drug-likeness (QED) is 0.743. The first kappa shape index (κ1) is 9.97. The Balaban J connectivity index is 2.43. The Labute approximate surface area is 90.1 Å². The number of benzene rings is 1. The van der Waals surface area contributed by atoms with Crippen LogP contribution in [0, 0.1) is 12.3 Å². The van der Waals surface area contributed by atoms with Gasteiger partial charge in [-0.3, -0.25) is 5.41 Å². The molecule has 2 heteroatoms. The first-order valence-corrected chi connectivity index (χ1v) is 5.06. The van der Waals surface area contributed by atoms with Crippen molar-refractivity contribution in [1.29, 1.82) is 5.41 Å². The molecule has 2 nitrogen and oxygen atoms in total. The lowest BCUT2D eigenvalue weighted by atomic mass is 9.92. The molecule has 1 N–H and O–H groups in total. The molecule has 15 heavy (non-hydrogen) atoms. The highest BCUT2D eigenvalue weighted by atomic mass is 16.5. The van der Waals surface area contributed by atoms with Crippen LogP contribution in [0.3, 0.4) is 0 Å². The lowest BCUT2D eigenvalue weighted by molar-refractivity contribution is 0.169. The van der Waals surface area contributed by atoms with E-state index in [9.17, 15) is 0 Å². The predicted molar refractivity (Wildman–Crippen MR) is 62.0 cm³/mol. The normalized spacial score (nSPS) is 18.6. The van der Waals surface area contributed by atoms with E-state index in [0.29, 0.717) is 0 Å². The molecular formula is C13H15NO. The fourth-order valence-electron chi connectivity index (χ4n) is 1.83. The van der Waals surface area contributed by atoms with E-state index in [1.807, 2.05) is 13.8 Å². The third kappa shape index (κ3) is 1.80. The Morgan fingerprint density at radius 3 is 2.20 bits per heavy atom. The van der Waals surface area contributed by atoms with Crippen molar-refractivity contribution in [1.82, 2.24) is 0 Å². The zero-order chi connectivity index (χ0) is 11.1. The van der Waals surface area contributed by atoms with Crippen LogP contribution in [0.15, 0.2) is 30.3 Å². The molecule has 0 bridgehead atoms. The molecule has 1 heterocycles. The van der Waals surface area contributed by atoms with Crippen molar-refractivity contribution >= 4 is 11.5 Å². The van der Waals surface area contributed by atoms with Gasteiger partial charge < -0.3 is 4.74 Å². The second-order valence-corrected chi connectivity index (χ2v) is 4.40. The smallest absolute Gasteiger partial charge is 0.206 e. The van der Waals surface area contributed by atoms with Crippen LogP contribution in [0.1, 0.15) is 25.0 Å². The van der Waals surface area contributed by atoms with Gasteiger partial charge in [0, 0.05) is 11.6 Å². The maximum atomic E-state index is 7.53. The Morgan fingerprint density at radius 2 is 1.73 bits per heavy atom. The van der Waals surface area contributed by atoms with Crippen LogP contribution in [-0.4, -0.2) is 11.5 Å². The molecule has 1 aliphatic heterocycles. The van der Waals surface area contributed by atoms with Crippen LogP contribution in [0.2, 0.25) is 0 Å². The molecule has 0 spiro atoms. The summed E-state index contributed by atoms with van der Waals surface area (Å²) < 4.78 is 5.44. The van der Waals surface area contributed by atoms with Gasteiger partial charge in [-0.05, 0) is 26.3 Å². The number of rotatable bonds is 1. The second kappa shape index (κ2) is 3.23. The number of hydrogen-bond acceptors (Lipinski definition) is 2. The highest BCUT2D eigenvalue weighted by Gasteiger charge is 2.32. The SMILES string of the molecule is Cc1ccc(C2=CC(=N)OC2(C)C)cc1. The maximum absolute atomic E-state index is 7.53. The van der Waals surface area contributed by atoms with Crippen LogP contribution in [0.25, 0.3) is 5.57 Å². The molecule has 0 aromatic heterocycles. The zero-order valence-corrected chi connectivity index (χ0v) is 9.29. The number of hydrogen-bond donors (Lipinski definition) is 1. The van der Waals surface area contributed by atoms with E-state index >= 15 is 0 Å². The van der Waals surface area contributed by atoms with Gasteiger partial charge in [-0.25, -0.2) is 0 Å². The summed E-state index contributed by atoms with van der Waals surface area (Å²) in [7, 11) is 0. The fraction of sp³-hybridized carbons (Fsp3) is 0.308. The van der Waals surface area contributed by atoms with E-state index in [-0.39, 0.29) is 11.5 Å². The minimum Gasteiger partial charge on any atom is -0.467 e. The van der Waals surface area contributed by atoms with Crippen molar-refractivity contribution in [3.63, 3.8) is 0 Å². The molecule has 0 unspecified atom stereocenters. The van der Waals surface area contributed by atoms with E-state index in [1.165, 1.54) is 5.56 Å². The summed E-state index contributed by atoms with van der Waals surface area (Å²) >= 11 is 0. The standard InChI is InChI=1S/C13H15NO/c1-9-4-6-10(7-5-9)11-8-12(14)15-13(11,2)3/h4-8,14H,1-3H3. The summed E-state index contributed by atoms with van der Waals surface area (Å²) in [6.45, 7) is 6.04. The molecule has 1 aromatic rings. The van der Waals surface area contributed by atoms with Crippen molar-refractivity contribution < 1.29 is 4.74 Å². The third-order valence-corrected chi connectivity index (χ3v) is 2.65. The summed E-state index contributed by atoms with van der Waals surface area (Å²) in [5, 5.41) is 7.53. The van der Waals surface area contributed by atoms with E-state index in [2.05, 4.69) is 31.2 Å². The zero-order valence-electron chi connectivity index (χ0n) is 9.29. The Kier molecular flexibility index (Phi) is 2.14. The van der Waals surface area contributed by atoms with Gasteiger partial charge in [0.05, 0.1) is 0 Å². The van der Waals surface area contributed by atoms with E-state index in [4.69, 9.17) is 10.1 Å². The van der Waals surface area contributed by atoms with E-state index in [1.54, 1.807) is 6.08 Å². The summed E-state index contributed by atoms with van der Waals surface area (Å²) in [5.74, 6) is 0.246. The van der Waals surface area contributed by atoms with Crippen LogP contribution >= 0.6 is 0 Å². The van der Waals surface area contributed by atoms with Crippen LogP contribution in [0.5, 0.6) is 0 Å². The van der Waals surface area contributed by atoms with Crippen LogP contribution in [-0.2, 0) is 4.74 Å². The van der Waals surface area contributed by atoms with E-state index < -0.39 is 0 Å². The van der Waals surface area contributed by atoms with Gasteiger partial charge in [0.2, 0.25) is 5.90 Å². The van der Waals surface area contributed by atoms with Gasteiger partial charge in [-0.1, -0.05) is 29.8 Å². The molecule has 0 amide bonds. The van der Waals surface area contributed by atoms with Gasteiger partial charge >= 0.3 is 0 Å². The highest BCUT2D eigenvalue weighted by Crippen LogP contribution is 2.35. The van der Waals surface area contributed by atoms with Crippen molar-refractivity contribution in [3.05, 3.63) is 41.5 Å². The first-order chi connectivity index (χ1) is 6.99. The topological polar surface area (TPSA) is 33.1 Å². The lowest BCUT2D eigenvalue weighted by Gasteiger charge is -2.22. The molecule has 0 atom stereocenters. The highest BCUT2D eigenvalue weighted by molar-refractivity contribution is 6.00. The molecular weight excluding hydrogens is 186 g/mol. The first-order valence-electron chi connectivity index (χ1n) is 5.06. The monoisotopic (exact) mass is 201 g/mol. The predicted octanol–water partition coefficient (Wildman–Crippen LogP) is 3.16. The third-order valence-electron chi connectivity index (χ3n) is 2.65. The van der Waals surface area contributed by atoms with Gasteiger partial charge in [-0.15, -0.1) is 0 Å². The lowest BCUT2D eigenvalue weighted by Crippen LogP contribution is -2.22. The van der Waals surface area contributed by atoms with E-state index in [0.717, 1.165) is 11.1 Å². The molecule has 0 fully saturated rings. The number of aryl methyl sites for hydroxylation is 1. The maximum Gasteiger partial charge on any atom is 0.206 e. The molecule has 0 radical (unpaired) electrons. The Hall–Kier alpha value is -1.57. The Bertz CT molecular complexity index is 426. The molecule has 1 aliphatic rings. The van der Waals surface area contributed by atoms with Gasteiger partial charge in [0.25, 0.3) is 0 Å². The minimum atomic E-state index is -0.383. The van der Waals surface area contributed by atoms with Crippen molar-refractivity contribution in [2.75, 3.05) is 0 Å². The fourth-order valence-corrected chi connectivity index (χ4v) is 1.83. The van der Waals surface area contributed by atoms with Crippen molar-refractivity contribution in [3.8, 4) is 0 Å². The van der Waals surface area contributed by atoms with Crippen LogP contribution < -0.4 is 0 Å². The van der Waals surface area contributed by atoms with Crippen molar-refractivity contribution in [2.45, 2.75) is 26.4 Å². The van der Waals surface area contributed by atoms with Gasteiger partial charge in [0.1, 0.15) is 5.60 Å².